The molecule has 1 heterocycles. The Kier molecular flexibility index (Phi) is 5.79. The maximum atomic E-state index is 11.7. The Morgan fingerprint density at radius 1 is 1.53 bits per heavy atom. The van der Waals surface area contributed by atoms with Crippen LogP contribution in [-0.2, 0) is 4.74 Å². The van der Waals surface area contributed by atoms with Crippen molar-refractivity contribution in [2.24, 2.45) is 0 Å². The van der Waals surface area contributed by atoms with Gasteiger partial charge < -0.3 is 10.1 Å². The minimum Gasteiger partial charge on any atom is -0.374 e. The first-order valence-corrected chi connectivity index (χ1v) is 5.23. The lowest BCUT2D eigenvalue weighted by Crippen LogP contribution is -2.27. The van der Waals surface area contributed by atoms with E-state index in [-0.39, 0.29) is 19.1 Å². The second kappa shape index (κ2) is 7.13. The predicted molar refractivity (Wildman–Crippen MR) is 58.4 cm³/mol. The summed E-state index contributed by atoms with van der Waals surface area (Å²) < 4.78 is 28.0. The van der Waals surface area contributed by atoms with Gasteiger partial charge in [-0.15, -0.1) is 0 Å². The second-order valence-corrected chi connectivity index (χ2v) is 3.48. The van der Waals surface area contributed by atoms with Gasteiger partial charge in [0.1, 0.15) is 11.8 Å². The summed E-state index contributed by atoms with van der Waals surface area (Å²) in [6, 6.07) is 3.01. The van der Waals surface area contributed by atoms with Crippen molar-refractivity contribution in [1.82, 2.24) is 10.3 Å². The van der Waals surface area contributed by atoms with Gasteiger partial charge in [-0.05, 0) is 12.1 Å². The van der Waals surface area contributed by atoms with Gasteiger partial charge in [0, 0.05) is 12.7 Å². The average molecular weight is 265 g/mol. The van der Waals surface area contributed by atoms with Gasteiger partial charge in [-0.1, -0.05) is 11.6 Å². The zero-order valence-corrected chi connectivity index (χ0v) is 9.58. The fraction of sp³-hybridized carbons (Fsp3) is 0.400. The molecule has 0 fully saturated rings. The fourth-order valence-electron chi connectivity index (χ4n) is 1.02. The van der Waals surface area contributed by atoms with Gasteiger partial charge in [0.05, 0.1) is 12.2 Å². The predicted octanol–water partition coefficient (Wildman–Crippen LogP) is 1.75. The summed E-state index contributed by atoms with van der Waals surface area (Å²) in [6.07, 6.45) is -1.16. The molecule has 94 valence electrons. The molecule has 1 N–H and O–H groups in total. The number of nitrogens with one attached hydrogen (secondary N) is 1. The van der Waals surface area contributed by atoms with E-state index >= 15 is 0 Å². The topological polar surface area (TPSA) is 51.2 Å². The van der Waals surface area contributed by atoms with Crippen LogP contribution in [0.1, 0.15) is 10.4 Å². The number of carbonyl (C=O) groups excluding carboxylic acids is 1. The van der Waals surface area contributed by atoms with E-state index in [0.29, 0.717) is 10.7 Å². The van der Waals surface area contributed by atoms with Crippen LogP contribution >= 0.6 is 11.6 Å². The van der Waals surface area contributed by atoms with Crippen molar-refractivity contribution in [1.29, 1.82) is 0 Å². The number of rotatable bonds is 6. The van der Waals surface area contributed by atoms with E-state index < -0.39 is 13.0 Å². The average Bonchev–Trinajstić information content (AvgIpc) is 2.29. The van der Waals surface area contributed by atoms with Gasteiger partial charge in [0.2, 0.25) is 0 Å². The number of halogens is 3. The van der Waals surface area contributed by atoms with Crippen molar-refractivity contribution in [3.05, 3.63) is 29.0 Å². The Morgan fingerprint density at radius 3 is 2.88 bits per heavy atom. The zero-order valence-electron chi connectivity index (χ0n) is 8.83. The Bertz CT molecular complexity index is 360. The minimum absolute atomic E-state index is 0.0388. The number of ether oxygens (including phenoxy) is 1. The van der Waals surface area contributed by atoms with Crippen molar-refractivity contribution in [2.45, 2.75) is 6.43 Å². The van der Waals surface area contributed by atoms with E-state index in [0.717, 1.165) is 0 Å². The molecule has 0 saturated heterocycles. The van der Waals surface area contributed by atoms with Gasteiger partial charge in [-0.25, -0.2) is 13.8 Å². The quantitative estimate of drug-likeness (QED) is 0.629. The lowest BCUT2D eigenvalue weighted by Gasteiger charge is -2.05. The summed E-state index contributed by atoms with van der Waals surface area (Å²) in [6.45, 7) is -0.427. The van der Waals surface area contributed by atoms with Crippen molar-refractivity contribution in [2.75, 3.05) is 19.8 Å². The number of aromatic nitrogens is 1. The normalized spacial score (nSPS) is 10.6. The molecule has 0 radical (unpaired) electrons. The molecule has 1 aromatic rings. The first-order chi connectivity index (χ1) is 8.09. The van der Waals surface area contributed by atoms with Crippen LogP contribution in [0.2, 0.25) is 5.15 Å². The monoisotopic (exact) mass is 264 g/mol. The van der Waals surface area contributed by atoms with E-state index in [9.17, 15) is 13.6 Å². The molecule has 7 heteroatoms. The van der Waals surface area contributed by atoms with Gasteiger partial charge >= 0.3 is 0 Å². The molecule has 1 rings (SSSR count). The number of nitrogens with zero attached hydrogens (tertiary/aromatic N) is 1. The molecule has 0 aliphatic carbocycles. The van der Waals surface area contributed by atoms with E-state index in [1.54, 1.807) is 0 Å². The molecular weight excluding hydrogens is 254 g/mol. The first kappa shape index (κ1) is 13.8. The molecule has 0 spiro atoms. The Hall–Kier alpha value is -1.27. The SMILES string of the molecule is O=C(NCCOCC(F)F)c1ccc(Cl)nc1. The van der Waals surface area contributed by atoms with Crippen LogP contribution in [0.5, 0.6) is 0 Å². The third kappa shape index (κ3) is 5.55. The standard InChI is InChI=1S/C10H11ClF2N2O2/c11-8-2-1-7(5-15-8)10(16)14-3-4-17-6-9(12)13/h1-2,5,9H,3-4,6H2,(H,14,16). The van der Waals surface area contributed by atoms with Crippen LogP contribution < -0.4 is 5.32 Å². The molecular formula is C10H11ClF2N2O2. The van der Waals surface area contributed by atoms with Gasteiger partial charge in [-0.2, -0.15) is 0 Å². The molecule has 1 amide bonds. The number of pyridine rings is 1. The molecule has 1 aromatic heterocycles. The van der Waals surface area contributed by atoms with Crippen molar-refractivity contribution in [3.8, 4) is 0 Å². The van der Waals surface area contributed by atoms with Crippen molar-refractivity contribution >= 4 is 17.5 Å². The van der Waals surface area contributed by atoms with E-state index in [2.05, 4.69) is 15.0 Å². The minimum atomic E-state index is -2.49. The lowest BCUT2D eigenvalue weighted by atomic mass is 10.3. The Morgan fingerprint density at radius 2 is 2.29 bits per heavy atom. The summed E-state index contributed by atoms with van der Waals surface area (Å²) in [5.41, 5.74) is 0.350. The third-order valence-electron chi connectivity index (χ3n) is 1.77. The summed E-state index contributed by atoms with van der Waals surface area (Å²) in [7, 11) is 0. The van der Waals surface area contributed by atoms with E-state index in [1.807, 2.05) is 0 Å². The van der Waals surface area contributed by atoms with Crippen LogP contribution in [-0.4, -0.2) is 37.1 Å². The van der Waals surface area contributed by atoms with Crippen molar-refractivity contribution < 1.29 is 18.3 Å². The zero-order chi connectivity index (χ0) is 12.7. The van der Waals surface area contributed by atoms with Crippen LogP contribution in [0.15, 0.2) is 18.3 Å². The molecule has 0 atom stereocenters. The Balaban J connectivity index is 2.23. The van der Waals surface area contributed by atoms with Crippen LogP contribution in [0.25, 0.3) is 0 Å². The second-order valence-electron chi connectivity index (χ2n) is 3.09. The van der Waals surface area contributed by atoms with Crippen LogP contribution in [0, 0.1) is 0 Å². The summed E-state index contributed by atoms with van der Waals surface area (Å²) in [5, 5.41) is 2.79. The number of alkyl halides is 2. The van der Waals surface area contributed by atoms with Crippen LogP contribution in [0.3, 0.4) is 0 Å². The molecule has 17 heavy (non-hydrogen) atoms. The maximum Gasteiger partial charge on any atom is 0.261 e. The highest BCUT2D eigenvalue weighted by molar-refractivity contribution is 6.29. The lowest BCUT2D eigenvalue weighted by molar-refractivity contribution is 0.0188. The van der Waals surface area contributed by atoms with E-state index in [4.69, 9.17) is 11.6 Å². The molecule has 0 aromatic carbocycles. The van der Waals surface area contributed by atoms with Gasteiger partial charge in [0.15, 0.2) is 0 Å². The summed E-state index contributed by atoms with van der Waals surface area (Å²) >= 11 is 5.56. The fourth-order valence-corrected chi connectivity index (χ4v) is 1.13. The number of hydrogen-bond donors (Lipinski definition) is 1. The highest BCUT2D eigenvalue weighted by Gasteiger charge is 2.05. The number of amides is 1. The first-order valence-electron chi connectivity index (χ1n) is 4.85. The molecule has 4 nitrogen and oxygen atoms in total. The summed E-state index contributed by atoms with van der Waals surface area (Å²) in [4.78, 5) is 15.2. The largest absolute Gasteiger partial charge is 0.374 e. The van der Waals surface area contributed by atoms with E-state index in [1.165, 1.54) is 18.3 Å². The Labute approximate surface area is 102 Å². The molecule has 0 aliphatic heterocycles. The van der Waals surface area contributed by atoms with Crippen LogP contribution in [0.4, 0.5) is 8.78 Å². The van der Waals surface area contributed by atoms with Crippen molar-refractivity contribution in [3.63, 3.8) is 0 Å². The molecule has 0 aliphatic rings. The molecule has 0 saturated carbocycles. The highest BCUT2D eigenvalue weighted by Crippen LogP contribution is 2.04. The smallest absolute Gasteiger partial charge is 0.261 e. The highest BCUT2D eigenvalue weighted by atomic mass is 35.5. The molecule has 0 unspecified atom stereocenters. The third-order valence-corrected chi connectivity index (χ3v) is 1.99. The van der Waals surface area contributed by atoms with Gasteiger partial charge in [-0.3, -0.25) is 4.79 Å². The maximum absolute atomic E-state index is 11.7. The summed E-state index contributed by atoms with van der Waals surface area (Å²) in [5.74, 6) is -0.352. The van der Waals surface area contributed by atoms with Gasteiger partial charge in [0.25, 0.3) is 12.3 Å². The number of hydrogen-bond acceptors (Lipinski definition) is 3. The molecule has 0 bridgehead atoms. The number of carbonyl (C=O) groups is 1.